The van der Waals surface area contributed by atoms with Crippen LogP contribution in [0.2, 0.25) is 5.02 Å². The summed E-state index contributed by atoms with van der Waals surface area (Å²) in [6.45, 7) is 7.91. The van der Waals surface area contributed by atoms with Crippen LogP contribution in [0.15, 0.2) is 18.2 Å². The standard InChI is InChI=1S/C15H23ClFNO/c1-11(2)4-5-12(3)18-8-9-19-15-7-6-13(17)10-14(15)16/h6-7,10-12,18H,4-5,8-9H2,1-3H3. The van der Waals surface area contributed by atoms with Gasteiger partial charge in [0.1, 0.15) is 18.2 Å². The van der Waals surface area contributed by atoms with E-state index < -0.39 is 0 Å². The van der Waals surface area contributed by atoms with E-state index in [1.165, 1.54) is 18.6 Å². The van der Waals surface area contributed by atoms with E-state index in [2.05, 4.69) is 26.1 Å². The van der Waals surface area contributed by atoms with Crippen molar-refractivity contribution in [1.82, 2.24) is 5.32 Å². The van der Waals surface area contributed by atoms with Crippen molar-refractivity contribution in [2.24, 2.45) is 5.92 Å². The predicted octanol–water partition coefficient (Wildman–Crippen LogP) is 4.27. The van der Waals surface area contributed by atoms with Crippen molar-refractivity contribution >= 4 is 11.6 Å². The third-order valence-electron chi connectivity index (χ3n) is 2.92. The van der Waals surface area contributed by atoms with Gasteiger partial charge in [-0.15, -0.1) is 0 Å². The minimum absolute atomic E-state index is 0.313. The van der Waals surface area contributed by atoms with Gasteiger partial charge in [-0.1, -0.05) is 25.4 Å². The van der Waals surface area contributed by atoms with Gasteiger partial charge in [0, 0.05) is 12.6 Å². The van der Waals surface area contributed by atoms with Crippen LogP contribution in [0.5, 0.6) is 5.75 Å². The summed E-state index contributed by atoms with van der Waals surface area (Å²) in [5, 5.41) is 3.71. The first kappa shape index (κ1) is 16.3. The maximum Gasteiger partial charge on any atom is 0.138 e. The van der Waals surface area contributed by atoms with Gasteiger partial charge in [-0.2, -0.15) is 0 Å². The Kier molecular flexibility index (Phi) is 7.17. The Balaban J connectivity index is 2.20. The summed E-state index contributed by atoms with van der Waals surface area (Å²) >= 11 is 5.87. The molecule has 0 saturated heterocycles. The van der Waals surface area contributed by atoms with Gasteiger partial charge >= 0.3 is 0 Å². The highest BCUT2D eigenvalue weighted by Gasteiger charge is 2.05. The summed E-state index contributed by atoms with van der Waals surface area (Å²) in [7, 11) is 0. The quantitative estimate of drug-likeness (QED) is 0.721. The summed E-state index contributed by atoms with van der Waals surface area (Å²) in [6.07, 6.45) is 2.38. The molecule has 2 nitrogen and oxygen atoms in total. The first-order valence-electron chi connectivity index (χ1n) is 6.80. The van der Waals surface area contributed by atoms with Crippen LogP contribution in [0.1, 0.15) is 33.6 Å². The molecule has 0 aromatic heterocycles. The van der Waals surface area contributed by atoms with Crippen LogP contribution >= 0.6 is 11.6 Å². The molecule has 1 aromatic rings. The monoisotopic (exact) mass is 287 g/mol. The fraction of sp³-hybridized carbons (Fsp3) is 0.600. The molecule has 1 aromatic carbocycles. The maximum absolute atomic E-state index is 12.8. The van der Waals surface area contributed by atoms with Gasteiger partial charge < -0.3 is 10.1 Å². The van der Waals surface area contributed by atoms with Gasteiger partial charge in [0.25, 0.3) is 0 Å². The second-order valence-corrected chi connectivity index (χ2v) is 5.66. The molecule has 0 aliphatic carbocycles. The zero-order valence-corrected chi connectivity index (χ0v) is 12.6. The van der Waals surface area contributed by atoms with Crippen LogP contribution in [0, 0.1) is 11.7 Å². The Hall–Kier alpha value is -0.800. The number of ether oxygens (including phenoxy) is 1. The number of benzene rings is 1. The second-order valence-electron chi connectivity index (χ2n) is 5.25. The molecule has 1 atom stereocenters. The molecule has 0 aliphatic rings. The smallest absolute Gasteiger partial charge is 0.138 e. The summed E-state index contributed by atoms with van der Waals surface area (Å²) in [4.78, 5) is 0. The topological polar surface area (TPSA) is 21.3 Å². The van der Waals surface area contributed by atoms with E-state index in [1.54, 1.807) is 6.07 Å². The van der Waals surface area contributed by atoms with Crippen molar-refractivity contribution in [2.75, 3.05) is 13.2 Å². The zero-order valence-electron chi connectivity index (χ0n) is 11.9. The van der Waals surface area contributed by atoms with Gasteiger partial charge in [-0.3, -0.25) is 0 Å². The molecule has 108 valence electrons. The Bertz CT molecular complexity index is 384. The van der Waals surface area contributed by atoms with Crippen molar-refractivity contribution in [3.63, 3.8) is 0 Å². The van der Waals surface area contributed by atoms with E-state index in [4.69, 9.17) is 16.3 Å². The fourth-order valence-corrected chi connectivity index (χ4v) is 1.97. The summed E-state index contributed by atoms with van der Waals surface area (Å²) in [5.41, 5.74) is 0. The van der Waals surface area contributed by atoms with Gasteiger partial charge in [0.15, 0.2) is 0 Å². The molecule has 0 bridgehead atoms. The van der Waals surface area contributed by atoms with Crippen LogP contribution in [0.4, 0.5) is 4.39 Å². The molecular formula is C15H23ClFNO. The molecule has 0 heterocycles. The zero-order chi connectivity index (χ0) is 14.3. The normalized spacial score (nSPS) is 12.7. The second kappa shape index (κ2) is 8.39. The van der Waals surface area contributed by atoms with E-state index >= 15 is 0 Å². The minimum Gasteiger partial charge on any atom is -0.491 e. The van der Waals surface area contributed by atoms with Crippen LogP contribution in [-0.4, -0.2) is 19.2 Å². The van der Waals surface area contributed by atoms with Crippen LogP contribution < -0.4 is 10.1 Å². The number of hydrogen-bond donors (Lipinski definition) is 1. The van der Waals surface area contributed by atoms with Crippen molar-refractivity contribution in [2.45, 2.75) is 39.7 Å². The number of rotatable bonds is 8. The van der Waals surface area contributed by atoms with Crippen LogP contribution in [0.25, 0.3) is 0 Å². The van der Waals surface area contributed by atoms with Crippen molar-refractivity contribution in [1.29, 1.82) is 0 Å². The molecule has 1 rings (SSSR count). The van der Waals surface area contributed by atoms with E-state index in [1.807, 2.05) is 0 Å². The Morgan fingerprint density at radius 3 is 2.63 bits per heavy atom. The molecule has 0 radical (unpaired) electrons. The molecule has 19 heavy (non-hydrogen) atoms. The highest BCUT2D eigenvalue weighted by atomic mass is 35.5. The lowest BCUT2D eigenvalue weighted by Gasteiger charge is -2.15. The Morgan fingerprint density at radius 1 is 1.26 bits per heavy atom. The molecule has 1 N–H and O–H groups in total. The minimum atomic E-state index is -0.349. The summed E-state index contributed by atoms with van der Waals surface area (Å²) in [5.74, 6) is 0.913. The van der Waals surface area contributed by atoms with E-state index in [0.717, 1.165) is 18.9 Å². The van der Waals surface area contributed by atoms with E-state index in [-0.39, 0.29) is 5.82 Å². The average molecular weight is 288 g/mol. The van der Waals surface area contributed by atoms with Crippen molar-refractivity contribution in [3.05, 3.63) is 29.0 Å². The van der Waals surface area contributed by atoms with Gasteiger partial charge in [0.2, 0.25) is 0 Å². The molecule has 0 amide bonds. The molecule has 0 fully saturated rings. The first-order valence-corrected chi connectivity index (χ1v) is 7.18. The number of hydrogen-bond acceptors (Lipinski definition) is 2. The highest BCUT2D eigenvalue weighted by Crippen LogP contribution is 2.24. The van der Waals surface area contributed by atoms with Gasteiger partial charge in [-0.25, -0.2) is 4.39 Å². The number of nitrogens with one attached hydrogen (secondary N) is 1. The molecule has 0 spiro atoms. The first-order chi connectivity index (χ1) is 8.99. The predicted molar refractivity (Wildman–Crippen MR) is 78.4 cm³/mol. The third-order valence-corrected chi connectivity index (χ3v) is 3.22. The largest absolute Gasteiger partial charge is 0.491 e. The SMILES string of the molecule is CC(C)CCC(C)NCCOc1ccc(F)cc1Cl. The average Bonchev–Trinajstić information content (AvgIpc) is 2.34. The van der Waals surface area contributed by atoms with Crippen molar-refractivity contribution in [3.8, 4) is 5.75 Å². The molecule has 1 unspecified atom stereocenters. The van der Waals surface area contributed by atoms with Gasteiger partial charge in [0.05, 0.1) is 5.02 Å². The Labute approximate surface area is 120 Å². The molecular weight excluding hydrogens is 265 g/mol. The lowest BCUT2D eigenvalue weighted by Crippen LogP contribution is -2.30. The lowest BCUT2D eigenvalue weighted by atomic mass is 10.0. The highest BCUT2D eigenvalue weighted by molar-refractivity contribution is 6.32. The lowest BCUT2D eigenvalue weighted by molar-refractivity contribution is 0.302. The number of halogens is 2. The third kappa shape index (κ3) is 6.79. The molecule has 4 heteroatoms. The van der Waals surface area contributed by atoms with Crippen LogP contribution in [-0.2, 0) is 0 Å². The Morgan fingerprint density at radius 2 is 2.00 bits per heavy atom. The molecule has 0 saturated carbocycles. The van der Waals surface area contributed by atoms with E-state index in [0.29, 0.717) is 23.4 Å². The van der Waals surface area contributed by atoms with Gasteiger partial charge in [-0.05, 0) is 43.9 Å². The fourth-order valence-electron chi connectivity index (χ4n) is 1.74. The summed E-state index contributed by atoms with van der Waals surface area (Å²) in [6, 6.07) is 4.64. The summed E-state index contributed by atoms with van der Waals surface area (Å²) < 4.78 is 18.3. The molecule has 0 aliphatic heterocycles. The maximum atomic E-state index is 12.8. The van der Waals surface area contributed by atoms with Crippen LogP contribution in [0.3, 0.4) is 0 Å². The van der Waals surface area contributed by atoms with E-state index in [9.17, 15) is 4.39 Å². The van der Waals surface area contributed by atoms with Crippen molar-refractivity contribution < 1.29 is 9.13 Å².